The van der Waals surface area contributed by atoms with Gasteiger partial charge in [-0.2, -0.15) is 0 Å². The molecule has 6 heteroatoms. The first-order valence-corrected chi connectivity index (χ1v) is 34.0. The molecule has 0 heterocycles. The molecule has 6 saturated carbocycles. The number of unbranched alkanes of at least 4 members (excludes halogenated alkanes) is 7. The third-order valence-corrected chi connectivity index (χ3v) is 23.1. The summed E-state index contributed by atoms with van der Waals surface area (Å²) in [5.74, 6) is 7.67. The van der Waals surface area contributed by atoms with E-state index in [0.717, 1.165) is 170 Å². The number of esters is 2. The number of aliphatic hydroxyl groups is 1. The molecule has 0 aliphatic heterocycles. The zero-order valence-electron chi connectivity index (χ0n) is 52.4. The minimum Gasteiger partial charge on any atom is -0.462 e. The molecule has 6 nitrogen and oxygen atoms in total. The van der Waals surface area contributed by atoms with Gasteiger partial charge in [0.1, 0.15) is 12.2 Å². The normalized spacial score (nSPS) is 33.6. The predicted molar refractivity (Wildman–Crippen MR) is 327 cm³/mol. The molecule has 0 amide bonds. The number of aliphatic hydroxyl groups excluding tert-OH is 1. The summed E-state index contributed by atoms with van der Waals surface area (Å²) in [4.78, 5) is 28.9. The molecule has 1 N–H and O–H groups in total. The number of hydrogen-bond donors (Lipinski definition) is 1. The van der Waals surface area contributed by atoms with Crippen molar-refractivity contribution < 1.29 is 24.2 Å². The lowest BCUT2D eigenvalue weighted by atomic mass is 9.50. The second-order valence-electron chi connectivity index (χ2n) is 29.5. The number of fused-ring (bicyclic) bond motifs is 6. The van der Waals surface area contributed by atoms with Crippen molar-refractivity contribution in [3.63, 3.8) is 0 Å². The van der Waals surface area contributed by atoms with Gasteiger partial charge in [0, 0.05) is 32.3 Å². The van der Waals surface area contributed by atoms with Crippen LogP contribution in [0.4, 0.5) is 0 Å². The highest BCUT2D eigenvalue weighted by molar-refractivity contribution is 5.70. The predicted octanol–water partition coefficient (Wildman–Crippen LogP) is 19.1. The van der Waals surface area contributed by atoms with E-state index in [4.69, 9.17) is 9.47 Å². The maximum absolute atomic E-state index is 13.2. The Morgan fingerprint density at radius 1 is 0.577 bits per heavy atom. The fourth-order valence-corrected chi connectivity index (χ4v) is 18.3. The van der Waals surface area contributed by atoms with Crippen molar-refractivity contribution in [1.82, 2.24) is 4.90 Å². The van der Waals surface area contributed by atoms with Crippen LogP contribution in [0.15, 0.2) is 46.6 Å². The maximum atomic E-state index is 13.2. The summed E-state index contributed by atoms with van der Waals surface area (Å²) in [7, 11) is 0. The van der Waals surface area contributed by atoms with Crippen LogP contribution in [0.3, 0.4) is 0 Å². The van der Waals surface area contributed by atoms with E-state index in [1.54, 1.807) is 16.7 Å². The quantitative estimate of drug-likeness (QED) is 0.0551. The van der Waals surface area contributed by atoms with E-state index in [0.29, 0.717) is 35.5 Å². The zero-order chi connectivity index (χ0) is 55.9. The molecular weight excluding hydrogens is 959 g/mol. The number of nitrogens with zero attached hydrogens (tertiary/aromatic N) is 1. The van der Waals surface area contributed by atoms with Gasteiger partial charge in [-0.05, 0) is 217 Å². The second kappa shape index (κ2) is 30.4. The Hall–Kier alpha value is -2.18. The average Bonchev–Trinajstić information content (AvgIpc) is 4.07. The van der Waals surface area contributed by atoms with E-state index in [2.05, 4.69) is 98.4 Å². The number of hydrogen-bond acceptors (Lipinski definition) is 6. The van der Waals surface area contributed by atoms with Crippen LogP contribution in [0.2, 0.25) is 0 Å². The largest absolute Gasteiger partial charge is 0.462 e. The lowest BCUT2D eigenvalue weighted by molar-refractivity contribution is -0.151. The Bertz CT molecular complexity index is 1990. The van der Waals surface area contributed by atoms with Crippen molar-refractivity contribution in [3.05, 3.63) is 46.6 Å². The van der Waals surface area contributed by atoms with Crippen LogP contribution in [0, 0.1) is 75.4 Å². The smallest absolute Gasteiger partial charge is 0.306 e. The first kappa shape index (κ1) is 63.4. The summed E-state index contributed by atoms with van der Waals surface area (Å²) in [6, 6.07) is 0. The second-order valence-corrected chi connectivity index (χ2v) is 29.5. The third-order valence-electron chi connectivity index (χ3n) is 23.1. The zero-order valence-corrected chi connectivity index (χ0v) is 52.4. The van der Waals surface area contributed by atoms with Crippen LogP contribution in [0.25, 0.3) is 0 Å². The van der Waals surface area contributed by atoms with Crippen molar-refractivity contribution in [1.29, 1.82) is 0 Å². The van der Waals surface area contributed by atoms with Gasteiger partial charge in [0.15, 0.2) is 0 Å². The van der Waals surface area contributed by atoms with Crippen molar-refractivity contribution in [2.24, 2.45) is 75.4 Å². The topological polar surface area (TPSA) is 76.1 Å². The fourth-order valence-electron chi connectivity index (χ4n) is 18.3. The molecule has 0 aromatic carbocycles. The molecule has 7 rings (SSSR count). The van der Waals surface area contributed by atoms with Gasteiger partial charge in [-0.3, -0.25) is 9.59 Å². The van der Waals surface area contributed by atoms with Gasteiger partial charge in [-0.15, -0.1) is 0 Å². The molecule has 13 atom stereocenters. The van der Waals surface area contributed by atoms with E-state index in [9.17, 15) is 14.7 Å². The Labute approximate surface area is 480 Å². The molecule has 0 saturated heterocycles. The summed E-state index contributed by atoms with van der Waals surface area (Å²) in [5, 5.41) is 9.49. The van der Waals surface area contributed by atoms with Gasteiger partial charge in [0.2, 0.25) is 0 Å². The molecule has 0 bridgehead atoms. The molecule has 0 radical (unpaired) electrons. The number of carbonyl (C=O) groups is 2. The first-order chi connectivity index (χ1) is 37.4. The monoisotopic (exact) mass is 1080 g/mol. The van der Waals surface area contributed by atoms with E-state index in [1.165, 1.54) is 102 Å². The van der Waals surface area contributed by atoms with Gasteiger partial charge in [-0.1, -0.05) is 180 Å². The molecule has 0 spiro atoms. The standard InChI is InChI=1S/C72H121NO5/c1-52(2)24-21-26-55(6)63-37-39-65-57(28-23-43-71(63,65)9)32-33-58-50-60(35-31-54(58)5)77-68(75)29-15-11-13-17-46-73(48-19-20-49-74)47-18-14-12-16-30-69(76)78-61-41-44-70(8)59(51-61)34-36-62-66-40-38-64(56(7)27-22-25-53(3)4)72(66,10)45-42-67(62)70/h32-34,36,52-56,60-61,63-67,74H,11-31,35,37-51H2,1-10H3/b57-32+,58-33-. The van der Waals surface area contributed by atoms with Crippen LogP contribution >= 0.6 is 0 Å². The minimum absolute atomic E-state index is 0.00197. The van der Waals surface area contributed by atoms with Gasteiger partial charge >= 0.3 is 11.9 Å². The molecule has 7 aliphatic rings. The molecule has 444 valence electrons. The number of carbonyl (C=O) groups excluding carboxylic acids is 2. The van der Waals surface area contributed by atoms with E-state index < -0.39 is 0 Å². The van der Waals surface area contributed by atoms with Crippen LogP contribution in [-0.4, -0.2) is 60.4 Å². The SMILES string of the molecule is CC(C)CCCC(C)C1CCC2C3=CC=C4CC(OC(=O)CCCCCCN(CCCCO)CCCCCCC(=O)OC5CCC(C)/C(=C\C=C6/CCCC7(C)C6CCC7C(C)CCCC(C)C)C5)CCC4(C)C3CCC21C. The minimum atomic E-state index is -0.00990. The summed E-state index contributed by atoms with van der Waals surface area (Å²) >= 11 is 0. The number of rotatable bonds is 31. The van der Waals surface area contributed by atoms with Gasteiger partial charge in [-0.25, -0.2) is 0 Å². The molecule has 13 unspecified atom stereocenters. The summed E-state index contributed by atoms with van der Waals surface area (Å²) < 4.78 is 12.4. The van der Waals surface area contributed by atoms with E-state index >= 15 is 0 Å². The summed E-state index contributed by atoms with van der Waals surface area (Å²) in [6.07, 6.45) is 47.9. The van der Waals surface area contributed by atoms with Crippen molar-refractivity contribution in [2.75, 3.05) is 26.2 Å². The third kappa shape index (κ3) is 16.8. The number of ether oxygens (including phenoxy) is 2. The Kier molecular flexibility index (Phi) is 24.7. The molecule has 78 heavy (non-hydrogen) atoms. The molecule has 7 aliphatic carbocycles. The lowest BCUT2D eigenvalue weighted by Crippen LogP contribution is -2.46. The first-order valence-electron chi connectivity index (χ1n) is 34.0. The highest BCUT2D eigenvalue weighted by Crippen LogP contribution is 2.66. The van der Waals surface area contributed by atoms with Crippen LogP contribution in [0.5, 0.6) is 0 Å². The fraction of sp³-hybridized carbons (Fsp3) is 0.861. The Morgan fingerprint density at radius 2 is 1.13 bits per heavy atom. The van der Waals surface area contributed by atoms with E-state index in [1.807, 2.05) is 0 Å². The van der Waals surface area contributed by atoms with E-state index in [-0.39, 0.29) is 36.2 Å². The van der Waals surface area contributed by atoms with Gasteiger partial charge in [0.05, 0.1) is 0 Å². The molecular formula is C72H121NO5. The Balaban J connectivity index is 0.752. The highest BCUT2D eigenvalue weighted by atomic mass is 16.5. The van der Waals surface area contributed by atoms with Gasteiger partial charge < -0.3 is 19.5 Å². The van der Waals surface area contributed by atoms with Gasteiger partial charge in [0.25, 0.3) is 0 Å². The molecule has 0 aromatic heterocycles. The van der Waals surface area contributed by atoms with Crippen LogP contribution in [0.1, 0.15) is 281 Å². The molecule has 6 fully saturated rings. The lowest BCUT2D eigenvalue weighted by Gasteiger charge is -2.55. The van der Waals surface area contributed by atoms with Crippen molar-refractivity contribution >= 4 is 11.9 Å². The maximum Gasteiger partial charge on any atom is 0.306 e. The summed E-state index contributed by atoms with van der Waals surface area (Å²) in [5.41, 5.74) is 7.62. The highest BCUT2D eigenvalue weighted by Gasteiger charge is 2.57. The van der Waals surface area contributed by atoms with Crippen LogP contribution in [-0.2, 0) is 19.1 Å². The number of allylic oxidation sites excluding steroid dienone is 6. The van der Waals surface area contributed by atoms with Crippen molar-refractivity contribution in [3.8, 4) is 0 Å². The Morgan fingerprint density at radius 3 is 1.73 bits per heavy atom. The van der Waals surface area contributed by atoms with Crippen molar-refractivity contribution in [2.45, 2.75) is 293 Å². The summed E-state index contributed by atoms with van der Waals surface area (Å²) in [6.45, 7) is 28.2. The van der Waals surface area contributed by atoms with Crippen LogP contribution < -0.4 is 0 Å². The molecule has 0 aromatic rings. The average molecular weight is 1080 g/mol.